The van der Waals surface area contributed by atoms with Gasteiger partial charge in [0.1, 0.15) is 11.5 Å². The number of pyridine rings is 1. The van der Waals surface area contributed by atoms with Gasteiger partial charge in [0.05, 0.1) is 6.10 Å². The molecule has 124 valence electrons. The third-order valence-electron chi connectivity index (χ3n) is 4.51. The third-order valence-corrected chi connectivity index (χ3v) is 4.51. The van der Waals surface area contributed by atoms with Crippen molar-refractivity contribution in [3.05, 3.63) is 58.7 Å². The van der Waals surface area contributed by atoms with Crippen molar-refractivity contribution in [2.75, 3.05) is 0 Å². The fourth-order valence-corrected chi connectivity index (χ4v) is 3.30. The lowest BCUT2D eigenvalue weighted by atomic mass is 10.1. The summed E-state index contributed by atoms with van der Waals surface area (Å²) in [5.41, 5.74) is 3.34. The summed E-state index contributed by atoms with van der Waals surface area (Å²) in [4.78, 5) is 4.36. The molecule has 0 saturated heterocycles. The topological polar surface area (TPSA) is 67.0 Å². The lowest BCUT2D eigenvalue weighted by Crippen LogP contribution is -2.19. The summed E-state index contributed by atoms with van der Waals surface area (Å²) < 4.78 is 21.0. The summed E-state index contributed by atoms with van der Waals surface area (Å²) in [6.45, 7) is 3.58. The molecule has 0 radical (unpaired) electrons. The van der Waals surface area contributed by atoms with Gasteiger partial charge in [-0.05, 0) is 49.2 Å². The van der Waals surface area contributed by atoms with Crippen LogP contribution in [0.3, 0.4) is 0 Å². The van der Waals surface area contributed by atoms with Gasteiger partial charge in [-0.2, -0.15) is 0 Å². The number of imidazole rings is 1. The van der Waals surface area contributed by atoms with Crippen LogP contribution in [0.25, 0.3) is 5.65 Å². The Morgan fingerprint density at radius 2 is 2.04 bits per heavy atom. The molecule has 0 aliphatic heterocycles. The number of hydrogen-bond acceptors (Lipinski definition) is 4. The van der Waals surface area contributed by atoms with Crippen molar-refractivity contribution in [1.29, 1.82) is 0 Å². The van der Waals surface area contributed by atoms with Crippen LogP contribution in [0.15, 0.2) is 30.3 Å². The summed E-state index contributed by atoms with van der Waals surface area (Å²) >= 11 is 0. The van der Waals surface area contributed by atoms with E-state index in [4.69, 9.17) is 4.74 Å². The lowest BCUT2D eigenvalue weighted by molar-refractivity contribution is 0.0502. The fourth-order valence-electron chi connectivity index (χ4n) is 3.30. The largest absolute Gasteiger partial charge is 0.493 e. The number of benzene rings is 1. The van der Waals surface area contributed by atoms with Gasteiger partial charge in [0.25, 0.3) is 0 Å². The maximum atomic E-state index is 13.4. The number of aromatic nitrogens is 2. The standard InChI is InChI=1S/C18H17FN2O3/c1-9-3-6-15(17-20-10(2)18(23)21(9)17)24-16-13-5-4-12(19)7-11(13)8-14(16)22/h3-7,14,16,22-23H,8H2,1-2H3. The molecule has 2 heterocycles. The van der Waals surface area contributed by atoms with Gasteiger partial charge in [0.15, 0.2) is 17.5 Å². The minimum Gasteiger partial charge on any atom is -0.493 e. The Morgan fingerprint density at radius 1 is 1.25 bits per heavy atom. The van der Waals surface area contributed by atoms with E-state index in [-0.39, 0.29) is 11.7 Å². The Morgan fingerprint density at radius 3 is 2.83 bits per heavy atom. The third kappa shape index (κ3) is 2.14. The fraction of sp³-hybridized carbons (Fsp3) is 0.278. The smallest absolute Gasteiger partial charge is 0.219 e. The summed E-state index contributed by atoms with van der Waals surface area (Å²) in [6, 6.07) is 8.02. The molecule has 1 aliphatic rings. The number of ether oxygens (including phenoxy) is 1. The predicted octanol–water partition coefficient (Wildman–Crippen LogP) is 2.83. The molecule has 5 nitrogen and oxygen atoms in total. The molecule has 24 heavy (non-hydrogen) atoms. The van der Waals surface area contributed by atoms with E-state index in [1.54, 1.807) is 23.5 Å². The van der Waals surface area contributed by atoms with Crippen molar-refractivity contribution in [3.63, 3.8) is 0 Å². The maximum absolute atomic E-state index is 13.4. The van der Waals surface area contributed by atoms with Crippen molar-refractivity contribution >= 4 is 5.65 Å². The van der Waals surface area contributed by atoms with E-state index >= 15 is 0 Å². The summed E-state index contributed by atoms with van der Waals surface area (Å²) in [6.07, 6.45) is -1.00. The molecular weight excluding hydrogens is 311 g/mol. The number of aryl methyl sites for hydroxylation is 2. The Balaban J connectivity index is 1.78. The molecule has 2 unspecified atom stereocenters. The summed E-state index contributed by atoms with van der Waals surface area (Å²) in [5, 5.41) is 20.5. The van der Waals surface area contributed by atoms with Crippen LogP contribution >= 0.6 is 0 Å². The number of aliphatic hydroxyl groups is 1. The van der Waals surface area contributed by atoms with Gasteiger partial charge in [0, 0.05) is 12.1 Å². The maximum Gasteiger partial charge on any atom is 0.219 e. The van der Waals surface area contributed by atoms with Crippen LogP contribution in [-0.2, 0) is 6.42 Å². The molecular formula is C18H17FN2O3. The zero-order valence-electron chi connectivity index (χ0n) is 13.3. The number of hydrogen-bond donors (Lipinski definition) is 2. The van der Waals surface area contributed by atoms with Crippen molar-refractivity contribution < 1.29 is 19.3 Å². The second-order valence-electron chi connectivity index (χ2n) is 6.17. The first kappa shape index (κ1) is 15.0. The second kappa shape index (κ2) is 5.21. The van der Waals surface area contributed by atoms with Crippen LogP contribution in [0.5, 0.6) is 11.6 Å². The number of aromatic hydroxyl groups is 1. The van der Waals surface area contributed by atoms with Crippen LogP contribution in [0, 0.1) is 19.7 Å². The minimum atomic E-state index is -0.757. The van der Waals surface area contributed by atoms with Gasteiger partial charge in [-0.3, -0.25) is 4.40 Å². The van der Waals surface area contributed by atoms with E-state index in [9.17, 15) is 14.6 Å². The van der Waals surface area contributed by atoms with Gasteiger partial charge in [0.2, 0.25) is 5.88 Å². The van der Waals surface area contributed by atoms with Gasteiger partial charge in [-0.1, -0.05) is 6.07 Å². The van der Waals surface area contributed by atoms with Crippen molar-refractivity contribution in [2.45, 2.75) is 32.5 Å². The van der Waals surface area contributed by atoms with Crippen molar-refractivity contribution in [3.8, 4) is 11.6 Å². The van der Waals surface area contributed by atoms with Gasteiger partial charge in [-0.25, -0.2) is 9.37 Å². The molecule has 0 fully saturated rings. The molecule has 2 atom stereocenters. The van der Waals surface area contributed by atoms with E-state index in [1.807, 2.05) is 13.0 Å². The molecule has 2 N–H and O–H groups in total. The Bertz CT molecular complexity index is 951. The van der Waals surface area contributed by atoms with Gasteiger partial charge in [-0.15, -0.1) is 0 Å². The number of fused-ring (bicyclic) bond motifs is 2. The Kier molecular flexibility index (Phi) is 3.25. The lowest BCUT2D eigenvalue weighted by Gasteiger charge is -2.19. The molecule has 2 aromatic heterocycles. The van der Waals surface area contributed by atoms with Gasteiger partial charge >= 0.3 is 0 Å². The van der Waals surface area contributed by atoms with Crippen LogP contribution < -0.4 is 4.74 Å². The minimum absolute atomic E-state index is 0.0717. The second-order valence-corrected chi connectivity index (χ2v) is 6.17. The quantitative estimate of drug-likeness (QED) is 0.759. The highest BCUT2D eigenvalue weighted by molar-refractivity contribution is 5.59. The molecule has 0 saturated carbocycles. The summed E-state index contributed by atoms with van der Waals surface area (Å²) in [7, 11) is 0. The van der Waals surface area contributed by atoms with E-state index < -0.39 is 12.2 Å². The van der Waals surface area contributed by atoms with Crippen molar-refractivity contribution in [2.24, 2.45) is 0 Å². The molecule has 4 rings (SSSR count). The van der Waals surface area contributed by atoms with Crippen LogP contribution in [-0.4, -0.2) is 25.7 Å². The highest BCUT2D eigenvalue weighted by Gasteiger charge is 2.34. The molecule has 3 aromatic rings. The zero-order chi connectivity index (χ0) is 17.0. The normalized spacial score (nSPS) is 19.7. The molecule has 6 heteroatoms. The number of aliphatic hydroxyl groups excluding tert-OH is 1. The first-order valence-corrected chi connectivity index (χ1v) is 7.76. The average molecular weight is 328 g/mol. The Hall–Kier alpha value is -2.60. The van der Waals surface area contributed by atoms with E-state index in [0.717, 1.165) is 16.8 Å². The zero-order valence-corrected chi connectivity index (χ0v) is 13.3. The average Bonchev–Trinajstić information content (AvgIpc) is 3.00. The van der Waals surface area contributed by atoms with E-state index in [2.05, 4.69) is 4.98 Å². The highest BCUT2D eigenvalue weighted by atomic mass is 19.1. The monoisotopic (exact) mass is 328 g/mol. The van der Waals surface area contributed by atoms with Crippen molar-refractivity contribution in [1.82, 2.24) is 9.38 Å². The first-order chi connectivity index (χ1) is 11.5. The van der Waals surface area contributed by atoms with E-state index in [0.29, 0.717) is 23.5 Å². The van der Waals surface area contributed by atoms with Crippen LogP contribution in [0.4, 0.5) is 4.39 Å². The highest BCUT2D eigenvalue weighted by Crippen LogP contribution is 2.37. The SMILES string of the molecule is Cc1nc2c(OC3c4ccc(F)cc4CC3O)ccc(C)n2c1O. The van der Waals surface area contributed by atoms with Crippen LogP contribution in [0.1, 0.15) is 28.6 Å². The number of halogens is 1. The molecule has 1 aliphatic carbocycles. The Labute approximate surface area is 138 Å². The summed E-state index contributed by atoms with van der Waals surface area (Å²) in [5.74, 6) is 0.209. The number of rotatable bonds is 2. The van der Waals surface area contributed by atoms with E-state index in [1.165, 1.54) is 12.1 Å². The van der Waals surface area contributed by atoms with Crippen LogP contribution in [0.2, 0.25) is 0 Å². The first-order valence-electron chi connectivity index (χ1n) is 7.76. The molecule has 0 bridgehead atoms. The van der Waals surface area contributed by atoms with Gasteiger partial charge < -0.3 is 14.9 Å². The molecule has 0 spiro atoms. The predicted molar refractivity (Wildman–Crippen MR) is 85.8 cm³/mol. The molecule has 1 aromatic carbocycles. The number of nitrogens with zero attached hydrogens (tertiary/aromatic N) is 2. The molecule has 0 amide bonds.